The highest BCUT2D eigenvalue weighted by Gasteiger charge is 2.05. The van der Waals surface area contributed by atoms with E-state index >= 15 is 0 Å². The van der Waals surface area contributed by atoms with Gasteiger partial charge in [-0.2, -0.15) is 0 Å². The van der Waals surface area contributed by atoms with Gasteiger partial charge in [-0.25, -0.2) is 0 Å². The molecule has 0 spiro atoms. The molecule has 2 N–H and O–H groups in total. The zero-order valence-corrected chi connectivity index (χ0v) is 10.9. The largest absolute Gasteiger partial charge is 0.493 e. The van der Waals surface area contributed by atoms with Crippen LogP contribution in [0.15, 0.2) is 18.2 Å². The number of rotatable bonds is 9. The fourth-order valence-corrected chi connectivity index (χ4v) is 1.49. The molecule has 0 saturated carbocycles. The summed E-state index contributed by atoms with van der Waals surface area (Å²) in [5.74, 6) is 1.41. The quantitative estimate of drug-likeness (QED) is 0.639. The average Bonchev–Trinajstić information content (AvgIpc) is 2.40. The molecule has 0 aliphatic carbocycles. The summed E-state index contributed by atoms with van der Waals surface area (Å²) in [5.41, 5.74) is 1.08. The van der Waals surface area contributed by atoms with Crippen molar-refractivity contribution < 1.29 is 19.3 Å². The maximum Gasteiger partial charge on any atom is 0.161 e. The van der Waals surface area contributed by atoms with Crippen LogP contribution in [0.1, 0.15) is 5.56 Å². The fraction of sp³-hybridized carbons (Fsp3) is 0.538. The SMILES string of the molecule is COCCOc1ccc(CNCCO)cc1OC. The molecule has 0 heterocycles. The minimum Gasteiger partial charge on any atom is -0.493 e. The minimum atomic E-state index is 0.134. The molecule has 0 aliphatic rings. The van der Waals surface area contributed by atoms with E-state index in [9.17, 15) is 0 Å². The van der Waals surface area contributed by atoms with Gasteiger partial charge in [-0.05, 0) is 17.7 Å². The molecule has 0 atom stereocenters. The lowest BCUT2D eigenvalue weighted by atomic mass is 10.2. The van der Waals surface area contributed by atoms with Gasteiger partial charge in [0.15, 0.2) is 11.5 Å². The van der Waals surface area contributed by atoms with E-state index in [1.54, 1.807) is 14.2 Å². The Kier molecular flexibility index (Phi) is 7.17. The van der Waals surface area contributed by atoms with Crippen LogP contribution in [0.2, 0.25) is 0 Å². The Labute approximate surface area is 108 Å². The molecule has 0 bridgehead atoms. The van der Waals surface area contributed by atoms with E-state index in [0.717, 1.165) is 5.56 Å². The van der Waals surface area contributed by atoms with Crippen LogP contribution in [0.3, 0.4) is 0 Å². The van der Waals surface area contributed by atoms with Crippen LogP contribution in [-0.4, -0.2) is 45.7 Å². The summed E-state index contributed by atoms with van der Waals surface area (Å²) in [6, 6.07) is 5.77. The van der Waals surface area contributed by atoms with E-state index in [-0.39, 0.29) is 6.61 Å². The molecular formula is C13H21NO4. The second-order valence-corrected chi connectivity index (χ2v) is 3.73. The van der Waals surface area contributed by atoms with Gasteiger partial charge in [0.25, 0.3) is 0 Å². The predicted molar refractivity (Wildman–Crippen MR) is 69.2 cm³/mol. The molecule has 1 rings (SSSR count). The Morgan fingerprint density at radius 1 is 1.17 bits per heavy atom. The molecule has 1 aromatic carbocycles. The van der Waals surface area contributed by atoms with Gasteiger partial charge in [-0.1, -0.05) is 6.07 Å². The normalized spacial score (nSPS) is 10.4. The summed E-state index contributed by atoms with van der Waals surface area (Å²) in [6.45, 7) is 2.44. The van der Waals surface area contributed by atoms with Gasteiger partial charge in [0, 0.05) is 20.2 Å². The molecular weight excluding hydrogens is 234 g/mol. The second-order valence-electron chi connectivity index (χ2n) is 3.73. The van der Waals surface area contributed by atoms with Crippen molar-refractivity contribution in [1.29, 1.82) is 0 Å². The monoisotopic (exact) mass is 255 g/mol. The Morgan fingerprint density at radius 2 is 2.00 bits per heavy atom. The highest BCUT2D eigenvalue weighted by molar-refractivity contribution is 5.42. The summed E-state index contributed by atoms with van der Waals surface area (Å²) in [4.78, 5) is 0. The summed E-state index contributed by atoms with van der Waals surface area (Å²) < 4.78 is 15.7. The number of nitrogens with one attached hydrogen (secondary N) is 1. The zero-order chi connectivity index (χ0) is 13.2. The third kappa shape index (κ3) is 4.91. The standard InChI is InChI=1S/C13H21NO4/c1-16-7-8-18-12-4-3-11(9-13(12)17-2)10-14-5-6-15/h3-4,9,14-15H,5-8,10H2,1-2H3. The molecule has 5 heteroatoms. The van der Waals surface area contributed by atoms with E-state index in [0.29, 0.717) is 37.8 Å². The average molecular weight is 255 g/mol. The van der Waals surface area contributed by atoms with E-state index < -0.39 is 0 Å². The van der Waals surface area contributed by atoms with Crippen molar-refractivity contribution in [3.63, 3.8) is 0 Å². The second kappa shape index (κ2) is 8.74. The number of methoxy groups -OCH3 is 2. The number of aliphatic hydroxyl groups excluding tert-OH is 1. The molecule has 5 nitrogen and oxygen atoms in total. The first kappa shape index (κ1) is 14.8. The number of hydrogen-bond acceptors (Lipinski definition) is 5. The zero-order valence-electron chi connectivity index (χ0n) is 10.9. The van der Waals surface area contributed by atoms with E-state index in [1.165, 1.54) is 0 Å². The molecule has 0 fully saturated rings. The lowest BCUT2D eigenvalue weighted by Crippen LogP contribution is -2.17. The highest BCUT2D eigenvalue weighted by atomic mass is 16.5. The smallest absolute Gasteiger partial charge is 0.161 e. The van der Waals surface area contributed by atoms with Crippen molar-refractivity contribution in [1.82, 2.24) is 5.32 Å². The van der Waals surface area contributed by atoms with E-state index in [1.807, 2.05) is 18.2 Å². The Bertz CT molecular complexity index is 344. The van der Waals surface area contributed by atoms with Crippen molar-refractivity contribution in [2.24, 2.45) is 0 Å². The van der Waals surface area contributed by atoms with Gasteiger partial charge in [-0.15, -0.1) is 0 Å². The van der Waals surface area contributed by atoms with Crippen LogP contribution in [0.25, 0.3) is 0 Å². The van der Waals surface area contributed by atoms with Crippen molar-refractivity contribution >= 4 is 0 Å². The van der Waals surface area contributed by atoms with Crippen molar-refractivity contribution in [2.75, 3.05) is 40.6 Å². The van der Waals surface area contributed by atoms with Gasteiger partial charge in [0.05, 0.1) is 20.3 Å². The molecule has 0 aromatic heterocycles. The molecule has 18 heavy (non-hydrogen) atoms. The Balaban J connectivity index is 2.58. The van der Waals surface area contributed by atoms with Crippen LogP contribution in [0, 0.1) is 0 Å². The van der Waals surface area contributed by atoms with E-state index in [4.69, 9.17) is 19.3 Å². The summed E-state index contributed by atoms with van der Waals surface area (Å²) in [6.07, 6.45) is 0. The van der Waals surface area contributed by atoms with Crippen LogP contribution in [0.4, 0.5) is 0 Å². The van der Waals surface area contributed by atoms with Gasteiger partial charge >= 0.3 is 0 Å². The lowest BCUT2D eigenvalue weighted by molar-refractivity contribution is 0.144. The molecule has 1 aromatic rings. The molecule has 0 radical (unpaired) electrons. The number of benzene rings is 1. The molecule has 0 saturated heterocycles. The van der Waals surface area contributed by atoms with E-state index in [2.05, 4.69) is 5.32 Å². The van der Waals surface area contributed by atoms with Gasteiger partial charge in [-0.3, -0.25) is 0 Å². The van der Waals surface area contributed by atoms with Crippen molar-refractivity contribution in [2.45, 2.75) is 6.54 Å². The van der Waals surface area contributed by atoms with Gasteiger partial charge < -0.3 is 24.6 Å². The third-order valence-electron chi connectivity index (χ3n) is 2.39. The molecule has 0 unspecified atom stereocenters. The Morgan fingerprint density at radius 3 is 2.67 bits per heavy atom. The van der Waals surface area contributed by atoms with Crippen LogP contribution in [0.5, 0.6) is 11.5 Å². The van der Waals surface area contributed by atoms with Gasteiger partial charge in [0.2, 0.25) is 0 Å². The van der Waals surface area contributed by atoms with Crippen LogP contribution < -0.4 is 14.8 Å². The predicted octanol–water partition coefficient (Wildman–Crippen LogP) is 0.802. The van der Waals surface area contributed by atoms with Crippen LogP contribution in [-0.2, 0) is 11.3 Å². The lowest BCUT2D eigenvalue weighted by Gasteiger charge is -2.12. The summed E-state index contributed by atoms with van der Waals surface area (Å²) in [5, 5.41) is 11.8. The maximum atomic E-state index is 8.69. The molecule has 0 amide bonds. The first-order valence-corrected chi connectivity index (χ1v) is 5.92. The van der Waals surface area contributed by atoms with Crippen molar-refractivity contribution in [3.05, 3.63) is 23.8 Å². The number of ether oxygens (including phenoxy) is 3. The Hall–Kier alpha value is -1.30. The van der Waals surface area contributed by atoms with Gasteiger partial charge in [0.1, 0.15) is 6.61 Å². The first-order valence-electron chi connectivity index (χ1n) is 5.92. The van der Waals surface area contributed by atoms with Crippen LogP contribution >= 0.6 is 0 Å². The first-order chi connectivity index (χ1) is 8.81. The third-order valence-corrected chi connectivity index (χ3v) is 2.39. The summed E-state index contributed by atoms with van der Waals surface area (Å²) in [7, 11) is 3.25. The highest BCUT2D eigenvalue weighted by Crippen LogP contribution is 2.27. The molecule has 102 valence electrons. The fourth-order valence-electron chi connectivity index (χ4n) is 1.49. The summed E-state index contributed by atoms with van der Waals surface area (Å²) >= 11 is 0. The maximum absolute atomic E-state index is 8.69. The van der Waals surface area contributed by atoms with Crippen molar-refractivity contribution in [3.8, 4) is 11.5 Å². The number of aliphatic hydroxyl groups is 1. The topological polar surface area (TPSA) is 60.0 Å². The molecule has 0 aliphatic heterocycles. The minimum absolute atomic E-state index is 0.134. The number of hydrogen-bond donors (Lipinski definition) is 2.